The Bertz CT molecular complexity index is 3700. The van der Waals surface area contributed by atoms with Crippen molar-refractivity contribution in [3.8, 4) is 57.5 Å². The molecule has 726 valence electrons. The Hall–Kier alpha value is -7.58. The second-order valence-electron chi connectivity index (χ2n) is 37.1. The van der Waals surface area contributed by atoms with E-state index in [0.717, 1.165) is 196 Å². The number of benzene rings is 7. The molecule has 0 radical (unpaired) electrons. The molecule has 3 N–H and O–H groups in total. The summed E-state index contributed by atoms with van der Waals surface area (Å²) in [5.41, 5.74) is 4.30. The lowest BCUT2D eigenvalue weighted by molar-refractivity contribution is 0.115. The van der Waals surface area contributed by atoms with E-state index in [2.05, 4.69) is 163 Å². The van der Waals surface area contributed by atoms with Crippen molar-refractivity contribution in [1.82, 2.24) is 0 Å². The smallest absolute Gasteiger partial charge is 0.123 e. The molecule has 10 rings (SSSR count). The summed E-state index contributed by atoms with van der Waals surface area (Å²) in [6.45, 7) is 49.6. The van der Waals surface area contributed by atoms with Crippen molar-refractivity contribution in [2.24, 2.45) is 59.2 Å². The second-order valence-corrected chi connectivity index (χ2v) is 37.1. The molecule has 0 aromatic heterocycles. The highest BCUT2D eigenvalue weighted by atomic mass is 16.5. The molecule has 0 heterocycles. The van der Waals surface area contributed by atoms with Crippen molar-refractivity contribution in [3.05, 3.63) is 192 Å². The second kappa shape index (κ2) is 70.2. The Morgan fingerprint density at radius 2 is 0.550 bits per heavy atom. The maximum atomic E-state index is 10.3. The first-order valence-corrected chi connectivity index (χ1v) is 51.7. The fourth-order valence-electron chi connectivity index (χ4n) is 15.3. The van der Waals surface area contributed by atoms with Gasteiger partial charge in [-0.3, -0.25) is 0 Å². The first-order chi connectivity index (χ1) is 62.6. The van der Waals surface area contributed by atoms with Gasteiger partial charge in [0.05, 0.1) is 83.4 Å². The Labute approximate surface area is 787 Å². The molecule has 3 saturated carbocycles. The number of hydrogen-bond acceptors (Lipinski definition) is 13. The standard InChI is InChI=1S/C19H32O2.C18H30O2.C17H26O2.C17H28O2.C16H26O2.C15H22O.C14H20O2/c1-5-9-16(10-6-2)14-21-18-12-8-11-17(13-18)19(20)15(4)7-3;1-5-9-16(10-6-2)14-19-17-11-8-12-18(13-17)20-15(4)7-3;1-3-13(2)17(18)15-9-6-10-16(11-15)19-12-14-7-4-5-8-14;1-5-13(4)17(18)15-9-8-10-16(11-15)19-12-14(6-2)7-3;1-5-13(4)18-16-10-8-9-15(11-16)17-12-14(6-2)7-3;1-2-3-6-13-7-5-10-15(11-13)16-12-14-8-4-9-14;1-2-9-15-13-7-4-8-14(10-13)16-11-12-5-3-6-12/h8,11-13,15-16,19-20H,5-7,9-10,14H2,1-4H3;8,11-13,15-16H,5-7,9-10,14H2,1-4H3;6,9-11,13-14,17-18H,3-5,7-8,12H2,1-2H3;8-11,13-14,17-18H,5-7,12H2,1-4H3;8-11,13-14H,5-7,12H2,1-4H3;5,7,10-11,14H,2-4,6,8-9,12H2,1H3;4,7-8,10,12H,2-3,5-6,9,11H2,1H3/t15-,19-;15-;2*13-,17-;13-;;/m10110../s1. The average Bonchev–Trinajstić information content (AvgIpc) is 1.85. The fraction of sp³-hybridized carbons (Fsp3) is 0.638. The molecule has 13 heteroatoms. The molecular formula is C116H184O13. The quantitative estimate of drug-likeness (QED) is 0.0332. The van der Waals surface area contributed by atoms with E-state index in [4.69, 9.17) is 47.4 Å². The Morgan fingerprint density at radius 1 is 0.271 bits per heavy atom. The predicted molar refractivity (Wildman–Crippen MR) is 543 cm³/mol. The van der Waals surface area contributed by atoms with Gasteiger partial charge in [0.1, 0.15) is 57.5 Å². The number of ether oxygens (including phenoxy) is 10. The first-order valence-electron chi connectivity index (χ1n) is 51.7. The Morgan fingerprint density at radius 3 is 0.853 bits per heavy atom. The fourth-order valence-corrected chi connectivity index (χ4v) is 15.3. The summed E-state index contributed by atoms with van der Waals surface area (Å²) in [6, 6.07) is 56.2. The van der Waals surface area contributed by atoms with Crippen molar-refractivity contribution in [2.75, 3.05) is 52.9 Å². The topological polar surface area (TPSA) is 153 Å². The number of unbranched alkanes of at least 4 members (excludes halogenated alkanes) is 1. The molecule has 7 aromatic carbocycles. The van der Waals surface area contributed by atoms with Crippen LogP contribution in [0, 0.1) is 59.2 Å². The van der Waals surface area contributed by atoms with Gasteiger partial charge in [0, 0.05) is 18.2 Å². The van der Waals surface area contributed by atoms with E-state index < -0.39 is 12.2 Å². The third-order valence-electron chi connectivity index (χ3n) is 26.0. The molecule has 0 amide bonds. The molecule has 3 aliphatic rings. The molecule has 8 atom stereocenters. The molecule has 0 spiro atoms. The summed E-state index contributed by atoms with van der Waals surface area (Å²) in [4.78, 5) is 0. The zero-order valence-electron chi connectivity index (χ0n) is 84.8. The van der Waals surface area contributed by atoms with Crippen LogP contribution in [0.25, 0.3) is 0 Å². The van der Waals surface area contributed by atoms with Crippen LogP contribution in [0.2, 0.25) is 0 Å². The SMILES string of the molecule is CCC(CC)COc1cccc(O[C@@H](C)CC)c1.CCC(CC)COc1cccc([C@H](O)[C@H](C)CC)c1.CCCC(CCC)COc1cccc(O[C@@H](C)CC)c1.CCCC(CCC)COc1cccc([C@H](O)[C@H](C)CC)c1.CCCCc1cccc(OCC2CCC2)c1.CCCOc1cccc(OCC2CCC2)c1.CC[C@@H](C)[C@@H](O)c1cccc(OCC2CCCC2)c1. The van der Waals surface area contributed by atoms with Crippen molar-refractivity contribution in [2.45, 2.75) is 368 Å². The van der Waals surface area contributed by atoms with Gasteiger partial charge in [0.15, 0.2) is 0 Å². The molecule has 129 heavy (non-hydrogen) atoms. The van der Waals surface area contributed by atoms with E-state index in [1.165, 1.54) is 153 Å². The lowest BCUT2D eigenvalue weighted by Gasteiger charge is -2.25. The number of hydrogen-bond donors (Lipinski definition) is 3. The molecule has 0 bridgehead atoms. The molecule has 0 aliphatic heterocycles. The number of aliphatic hydroxyl groups is 3. The van der Waals surface area contributed by atoms with Crippen LogP contribution >= 0.6 is 0 Å². The molecule has 7 aromatic rings. The summed E-state index contributed by atoms with van der Waals surface area (Å²) >= 11 is 0. The first kappa shape index (κ1) is 114. The van der Waals surface area contributed by atoms with E-state index in [1.807, 2.05) is 146 Å². The van der Waals surface area contributed by atoms with Crippen molar-refractivity contribution in [1.29, 1.82) is 0 Å². The molecule has 3 fully saturated rings. The monoisotopic (exact) mass is 1790 g/mol. The van der Waals surface area contributed by atoms with Crippen LogP contribution in [0.15, 0.2) is 170 Å². The van der Waals surface area contributed by atoms with Crippen molar-refractivity contribution < 1.29 is 62.7 Å². The average molecular weight is 1790 g/mol. The third kappa shape index (κ3) is 48.6. The van der Waals surface area contributed by atoms with Gasteiger partial charge in [0.25, 0.3) is 0 Å². The van der Waals surface area contributed by atoms with Crippen LogP contribution in [0.3, 0.4) is 0 Å². The summed E-state index contributed by atoms with van der Waals surface area (Å²) in [7, 11) is 0. The highest BCUT2D eigenvalue weighted by Gasteiger charge is 2.23. The van der Waals surface area contributed by atoms with Crippen LogP contribution in [0.4, 0.5) is 0 Å². The molecule has 13 nitrogen and oxygen atoms in total. The molecule has 0 unspecified atom stereocenters. The molecular weight excluding hydrogens is 1600 g/mol. The maximum Gasteiger partial charge on any atom is 0.123 e. The van der Waals surface area contributed by atoms with Gasteiger partial charge in [-0.25, -0.2) is 0 Å². The zero-order valence-corrected chi connectivity index (χ0v) is 84.8. The van der Waals surface area contributed by atoms with E-state index in [-0.39, 0.29) is 36.1 Å². The van der Waals surface area contributed by atoms with Crippen LogP contribution in [0.1, 0.15) is 372 Å². The Kier molecular flexibility index (Phi) is 61.9. The van der Waals surface area contributed by atoms with Crippen LogP contribution in [-0.4, -0.2) is 80.4 Å². The van der Waals surface area contributed by atoms with Crippen LogP contribution in [-0.2, 0) is 6.42 Å². The lowest BCUT2D eigenvalue weighted by Crippen LogP contribution is -2.19. The lowest BCUT2D eigenvalue weighted by atomic mass is 9.86. The highest BCUT2D eigenvalue weighted by molar-refractivity contribution is 5.37. The normalized spacial score (nSPS) is 14.8. The van der Waals surface area contributed by atoms with Crippen molar-refractivity contribution in [3.63, 3.8) is 0 Å². The summed E-state index contributed by atoms with van der Waals surface area (Å²) in [6.07, 6.45) is 36.9. The van der Waals surface area contributed by atoms with E-state index >= 15 is 0 Å². The third-order valence-corrected chi connectivity index (χ3v) is 26.0. The number of aryl methyl sites for hydroxylation is 1. The van der Waals surface area contributed by atoms with Gasteiger partial charge in [0.2, 0.25) is 0 Å². The van der Waals surface area contributed by atoms with Crippen LogP contribution < -0.4 is 47.4 Å². The molecule has 3 aliphatic carbocycles. The van der Waals surface area contributed by atoms with Gasteiger partial charge in [-0.2, -0.15) is 0 Å². The van der Waals surface area contributed by atoms with Crippen LogP contribution in [0.5, 0.6) is 57.5 Å². The number of aliphatic hydroxyl groups excluding tert-OH is 3. The van der Waals surface area contributed by atoms with E-state index in [1.54, 1.807) is 0 Å². The minimum absolute atomic E-state index is 0.248. The zero-order chi connectivity index (χ0) is 94.2. The summed E-state index contributed by atoms with van der Waals surface area (Å²) < 4.78 is 58.2. The van der Waals surface area contributed by atoms with E-state index in [9.17, 15) is 15.3 Å². The summed E-state index contributed by atoms with van der Waals surface area (Å²) in [5.74, 6) is 14.9. The Balaban J connectivity index is 0.000000316. The van der Waals surface area contributed by atoms with Gasteiger partial charge in [-0.15, -0.1) is 0 Å². The largest absolute Gasteiger partial charge is 0.493 e. The van der Waals surface area contributed by atoms with Gasteiger partial charge < -0.3 is 62.7 Å². The highest BCUT2D eigenvalue weighted by Crippen LogP contribution is 2.35. The molecule has 0 saturated heterocycles. The van der Waals surface area contributed by atoms with Gasteiger partial charge >= 0.3 is 0 Å². The van der Waals surface area contributed by atoms with Gasteiger partial charge in [-0.05, 0) is 277 Å². The van der Waals surface area contributed by atoms with E-state index in [0.29, 0.717) is 23.7 Å². The van der Waals surface area contributed by atoms with Gasteiger partial charge in [-0.1, -0.05) is 294 Å². The summed E-state index contributed by atoms with van der Waals surface area (Å²) in [5, 5.41) is 30.8. The minimum atomic E-state index is -0.402. The number of rotatable bonds is 54. The maximum absolute atomic E-state index is 10.3. The predicted octanol–water partition coefficient (Wildman–Crippen LogP) is 32.3. The van der Waals surface area contributed by atoms with Crippen molar-refractivity contribution >= 4 is 0 Å². The minimum Gasteiger partial charge on any atom is -0.493 e.